The van der Waals surface area contributed by atoms with Crippen molar-refractivity contribution in [2.45, 2.75) is 13.3 Å². The molecule has 0 atom stereocenters. The monoisotopic (exact) mass is 206 g/mol. The molecule has 0 unspecified atom stereocenters. The predicted molar refractivity (Wildman–Crippen MR) is 61.1 cm³/mol. The molecule has 1 heterocycles. The third kappa shape index (κ3) is 3.63. The molecule has 1 aromatic heterocycles. The summed E-state index contributed by atoms with van der Waals surface area (Å²) in [4.78, 5) is 4.00. The first-order valence-corrected chi connectivity index (χ1v) is 4.46. The summed E-state index contributed by atoms with van der Waals surface area (Å²) in [6, 6.07) is 1.76. The van der Waals surface area contributed by atoms with Crippen molar-refractivity contribution in [1.29, 1.82) is 5.41 Å². The summed E-state index contributed by atoms with van der Waals surface area (Å²) < 4.78 is 0. The van der Waals surface area contributed by atoms with E-state index in [1.54, 1.807) is 6.07 Å². The van der Waals surface area contributed by atoms with Crippen LogP contribution in [0.1, 0.15) is 19.0 Å². The zero-order chi connectivity index (χ0) is 11.3. The van der Waals surface area contributed by atoms with Crippen molar-refractivity contribution in [3.8, 4) is 0 Å². The van der Waals surface area contributed by atoms with Gasteiger partial charge in [0.1, 0.15) is 5.84 Å². The molecule has 0 aliphatic rings. The highest BCUT2D eigenvalue weighted by atomic mass is 15.2. The number of aromatic nitrogens is 2. The van der Waals surface area contributed by atoms with Crippen LogP contribution < -0.4 is 11.5 Å². The zero-order valence-electron chi connectivity index (χ0n) is 8.49. The maximum atomic E-state index is 7.04. The van der Waals surface area contributed by atoms with Crippen LogP contribution in [0.5, 0.6) is 0 Å². The summed E-state index contributed by atoms with van der Waals surface area (Å²) in [5, 5.41) is 13.7. The summed E-state index contributed by atoms with van der Waals surface area (Å²) in [6.45, 7) is 1.91. The third-order valence-electron chi connectivity index (χ3n) is 1.56. The van der Waals surface area contributed by atoms with Gasteiger partial charge in [0, 0.05) is 6.07 Å². The first-order valence-electron chi connectivity index (χ1n) is 4.46. The van der Waals surface area contributed by atoms with Gasteiger partial charge in [-0.1, -0.05) is 6.08 Å². The van der Waals surface area contributed by atoms with Crippen LogP contribution in [0, 0.1) is 5.41 Å². The molecule has 1 aromatic rings. The minimum absolute atomic E-state index is 0.0135. The van der Waals surface area contributed by atoms with Gasteiger partial charge in [-0.05, 0) is 13.0 Å². The number of hydrogen-bond acceptors (Lipinski definition) is 3. The van der Waals surface area contributed by atoms with Crippen LogP contribution in [0.2, 0.25) is 0 Å². The van der Waals surface area contributed by atoms with Gasteiger partial charge in [0.05, 0.1) is 18.0 Å². The Morgan fingerprint density at radius 2 is 2.40 bits per heavy atom. The van der Waals surface area contributed by atoms with Crippen molar-refractivity contribution < 1.29 is 0 Å². The Hall–Kier alpha value is -2.11. The van der Waals surface area contributed by atoms with Crippen molar-refractivity contribution >= 4 is 23.6 Å². The average molecular weight is 206 g/mol. The van der Waals surface area contributed by atoms with E-state index in [9.17, 15) is 0 Å². The molecular formula is C9H14N6. The average Bonchev–Trinajstić information content (AvgIpc) is 2.51. The smallest absolute Gasteiger partial charge is 0.175 e. The molecule has 0 radical (unpaired) electrons. The highest BCUT2D eigenvalue weighted by Crippen LogP contribution is 2.10. The number of aromatic amines is 1. The summed E-state index contributed by atoms with van der Waals surface area (Å²) in [7, 11) is 0. The maximum absolute atomic E-state index is 7.04. The molecule has 0 fully saturated rings. The number of aliphatic imine (C=N–C) groups is 1. The standard InChI is InChI=1S/C9H14N6/c1-2-3-6-4-9(15-14-6)13-8(12)5-7(10)11/h2-4H,5H2,1H3,(H3,10,11)(H3,12,13,14,15)/b3-2+. The van der Waals surface area contributed by atoms with E-state index in [-0.39, 0.29) is 18.1 Å². The summed E-state index contributed by atoms with van der Waals surface area (Å²) in [5.41, 5.74) is 11.6. The van der Waals surface area contributed by atoms with E-state index >= 15 is 0 Å². The Morgan fingerprint density at radius 1 is 1.67 bits per heavy atom. The Kier molecular flexibility index (Phi) is 3.61. The molecule has 0 aliphatic carbocycles. The van der Waals surface area contributed by atoms with Gasteiger partial charge in [-0.15, -0.1) is 0 Å². The summed E-state index contributed by atoms with van der Waals surface area (Å²) in [6.07, 6.45) is 3.92. The van der Waals surface area contributed by atoms with Crippen molar-refractivity contribution in [3.05, 3.63) is 17.8 Å². The van der Waals surface area contributed by atoms with Gasteiger partial charge in [-0.3, -0.25) is 10.5 Å². The molecule has 0 aromatic carbocycles. The first-order chi connectivity index (χ1) is 7.11. The third-order valence-corrected chi connectivity index (χ3v) is 1.56. The lowest BCUT2D eigenvalue weighted by molar-refractivity contribution is 1.07. The molecule has 15 heavy (non-hydrogen) atoms. The van der Waals surface area contributed by atoms with E-state index in [1.165, 1.54) is 0 Å². The number of allylic oxidation sites excluding steroid dienone is 1. The van der Waals surface area contributed by atoms with E-state index in [2.05, 4.69) is 15.2 Å². The van der Waals surface area contributed by atoms with Crippen LogP contribution >= 0.6 is 0 Å². The van der Waals surface area contributed by atoms with Crippen LogP contribution in [0.25, 0.3) is 6.08 Å². The Bertz CT molecular complexity index is 400. The van der Waals surface area contributed by atoms with E-state index < -0.39 is 0 Å². The normalized spacial score (nSPS) is 12.2. The minimum Gasteiger partial charge on any atom is -0.387 e. The van der Waals surface area contributed by atoms with Crippen LogP contribution in [0.3, 0.4) is 0 Å². The van der Waals surface area contributed by atoms with Crippen molar-refractivity contribution in [2.24, 2.45) is 16.5 Å². The van der Waals surface area contributed by atoms with E-state index in [4.69, 9.17) is 16.9 Å². The van der Waals surface area contributed by atoms with Gasteiger partial charge < -0.3 is 11.5 Å². The number of rotatable bonds is 4. The lowest BCUT2D eigenvalue weighted by Gasteiger charge is -1.95. The largest absolute Gasteiger partial charge is 0.387 e. The summed E-state index contributed by atoms with van der Waals surface area (Å²) >= 11 is 0. The fourth-order valence-electron chi connectivity index (χ4n) is 1.03. The SMILES string of the molecule is C/C=C/c1cc(N=C(N)CC(=N)N)n[nH]1. The van der Waals surface area contributed by atoms with E-state index in [1.807, 2.05) is 19.1 Å². The van der Waals surface area contributed by atoms with Gasteiger partial charge in [-0.25, -0.2) is 4.99 Å². The zero-order valence-corrected chi connectivity index (χ0v) is 8.49. The molecule has 6 N–H and O–H groups in total. The summed E-state index contributed by atoms with van der Waals surface area (Å²) in [5.74, 6) is 0.753. The van der Waals surface area contributed by atoms with Crippen molar-refractivity contribution in [1.82, 2.24) is 10.2 Å². The van der Waals surface area contributed by atoms with Crippen molar-refractivity contribution in [3.63, 3.8) is 0 Å². The fourth-order valence-corrected chi connectivity index (χ4v) is 1.03. The molecule has 0 saturated carbocycles. The number of nitrogens with zero attached hydrogens (tertiary/aromatic N) is 2. The van der Waals surface area contributed by atoms with E-state index in [0.29, 0.717) is 5.82 Å². The highest BCUT2D eigenvalue weighted by molar-refractivity contribution is 6.00. The van der Waals surface area contributed by atoms with Crippen molar-refractivity contribution in [2.75, 3.05) is 0 Å². The topological polar surface area (TPSA) is 117 Å². The lowest BCUT2D eigenvalue weighted by atomic mass is 10.3. The quantitative estimate of drug-likeness (QED) is 0.430. The molecule has 80 valence electrons. The van der Waals surface area contributed by atoms with Gasteiger partial charge in [-0.2, -0.15) is 5.10 Å². The predicted octanol–water partition coefficient (Wildman–Crippen LogP) is 0.758. The minimum atomic E-state index is -0.0135. The Morgan fingerprint density at radius 3 is 3.00 bits per heavy atom. The number of amidine groups is 2. The molecule has 0 saturated heterocycles. The van der Waals surface area contributed by atoms with Gasteiger partial charge >= 0.3 is 0 Å². The second-order valence-corrected chi connectivity index (χ2v) is 2.99. The number of nitrogens with one attached hydrogen (secondary N) is 2. The van der Waals surface area contributed by atoms with Gasteiger partial charge in [0.2, 0.25) is 0 Å². The first kappa shape index (κ1) is 11.0. The highest BCUT2D eigenvalue weighted by Gasteiger charge is 1.99. The van der Waals surface area contributed by atoms with Crippen LogP contribution in [0.4, 0.5) is 5.82 Å². The molecule has 6 heteroatoms. The Labute approximate surface area is 87.6 Å². The molecule has 0 spiro atoms. The van der Waals surface area contributed by atoms with Gasteiger partial charge in [0.15, 0.2) is 5.82 Å². The van der Waals surface area contributed by atoms with E-state index in [0.717, 1.165) is 5.69 Å². The second-order valence-electron chi connectivity index (χ2n) is 2.99. The molecular weight excluding hydrogens is 192 g/mol. The van der Waals surface area contributed by atoms with Crippen LogP contribution in [-0.2, 0) is 0 Å². The maximum Gasteiger partial charge on any atom is 0.175 e. The molecule has 0 amide bonds. The Balaban J connectivity index is 2.75. The lowest BCUT2D eigenvalue weighted by Crippen LogP contribution is -2.21. The number of H-pyrrole nitrogens is 1. The molecule has 0 aliphatic heterocycles. The molecule has 1 rings (SSSR count). The fraction of sp³-hybridized carbons (Fsp3) is 0.222. The number of nitrogens with two attached hydrogens (primary N) is 2. The van der Waals surface area contributed by atoms with Crippen LogP contribution in [-0.4, -0.2) is 21.9 Å². The van der Waals surface area contributed by atoms with Gasteiger partial charge in [0.25, 0.3) is 0 Å². The number of hydrogen-bond donors (Lipinski definition) is 4. The molecule has 6 nitrogen and oxygen atoms in total. The van der Waals surface area contributed by atoms with Crippen LogP contribution in [0.15, 0.2) is 17.1 Å². The molecule has 0 bridgehead atoms. The second kappa shape index (κ2) is 4.94.